The zero-order valence-corrected chi connectivity index (χ0v) is 27.3. The monoisotopic (exact) mass is 672 g/mol. The molecule has 1 fully saturated rings. The Kier molecular flexibility index (Phi) is 8.69. The Bertz CT molecular complexity index is 1940. The maximum atomic E-state index is 14.3. The van der Waals surface area contributed by atoms with Crippen LogP contribution in [-0.2, 0) is 10.2 Å². The number of nitrogens with one attached hydrogen (secondary N) is 1. The minimum Gasteiger partial charge on any atom is -0.495 e. The second-order valence-electron chi connectivity index (χ2n) is 12.0. The highest BCUT2D eigenvalue weighted by atomic mass is 35.5. The Hall–Kier alpha value is -5.23. The molecule has 11 nitrogen and oxygen atoms in total. The van der Waals surface area contributed by atoms with Gasteiger partial charge in [-0.2, -0.15) is 0 Å². The zero-order valence-electron chi connectivity index (χ0n) is 26.6. The van der Waals surface area contributed by atoms with Crippen LogP contribution in [0.2, 0.25) is 5.02 Å². The molecule has 5 N–H and O–H groups in total. The Labute approximate surface area is 281 Å². The number of nitrogens with zero attached hydrogens (tertiary/aromatic N) is 3. The number of primary amides is 1. The number of nitrogen functional groups attached to an aromatic ring is 1. The molecule has 248 valence electrons. The van der Waals surface area contributed by atoms with Crippen molar-refractivity contribution in [3.8, 4) is 28.6 Å². The smallest absolute Gasteiger partial charge is 0.251 e. The van der Waals surface area contributed by atoms with Gasteiger partial charge in [-0.1, -0.05) is 41.9 Å². The van der Waals surface area contributed by atoms with E-state index in [1.54, 1.807) is 25.1 Å². The maximum Gasteiger partial charge on any atom is 0.251 e. The third-order valence-electron chi connectivity index (χ3n) is 8.72. The van der Waals surface area contributed by atoms with Gasteiger partial charge in [-0.25, -0.2) is 14.4 Å². The summed E-state index contributed by atoms with van der Waals surface area (Å²) in [6.45, 7) is 1.82. The first-order valence-corrected chi connectivity index (χ1v) is 15.6. The summed E-state index contributed by atoms with van der Waals surface area (Å²) in [5.41, 5.74) is 14.6. The number of anilines is 1. The number of pyridine rings is 2. The topological polar surface area (TPSA) is 164 Å². The van der Waals surface area contributed by atoms with Crippen LogP contribution in [0.1, 0.15) is 58.4 Å². The fourth-order valence-electron chi connectivity index (χ4n) is 5.57. The van der Waals surface area contributed by atoms with Gasteiger partial charge in [0.1, 0.15) is 34.2 Å². The number of hydrogen-bond donors (Lipinski definition) is 3. The van der Waals surface area contributed by atoms with Crippen molar-refractivity contribution in [2.75, 3.05) is 33.1 Å². The molecule has 48 heavy (non-hydrogen) atoms. The zero-order chi connectivity index (χ0) is 34.2. The summed E-state index contributed by atoms with van der Waals surface area (Å²) in [5.74, 6) is -2.27. The molecule has 2 atom stereocenters. The average molecular weight is 673 g/mol. The number of alkyl halides is 1. The number of hydrogen-bond acceptors (Lipinski definition) is 9. The van der Waals surface area contributed by atoms with Crippen LogP contribution in [0.25, 0.3) is 11.3 Å². The minimum absolute atomic E-state index is 0.0104. The van der Waals surface area contributed by atoms with Gasteiger partial charge in [0.25, 0.3) is 5.91 Å². The van der Waals surface area contributed by atoms with Crippen molar-refractivity contribution in [3.05, 3.63) is 93.8 Å². The van der Waals surface area contributed by atoms with Gasteiger partial charge in [0, 0.05) is 60.0 Å². The molecule has 0 radical (unpaired) electrons. The normalized spacial score (nSPS) is 18.1. The highest BCUT2D eigenvalue weighted by Crippen LogP contribution is 2.48. The fourth-order valence-corrected chi connectivity index (χ4v) is 5.84. The van der Waals surface area contributed by atoms with Gasteiger partial charge in [0.05, 0.1) is 25.6 Å². The van der Waals surface area contributed by atoms with E-state index in [1.165, 1.54) is 32.7 Å². The number of ether oxygens (including phenoxy) is 3. The van der Waals surface area contributed by atoms with E-state index in [1.807, 2.05) is 30.3 Å². The van der Waals surface area contributed by atoms with Crippen molar-refractivity contribution < 1.29 is 28.2 Å². The SMILES string of the molecule is COc1cc(C(=O)NC[C@@H](c2ccccc2)c2cc3c(c(-c4ccnc(OC)c4Cl)n2)OC[C@]3(C)C(N)=O)cc(/C=N/C2(F)CC2)c1N. The van der Waals surface area contributed by atoms with Crippen molar-refractivity contribution in [3.63, 3.8) is 0 Å². The van der Waals surface area contributed by atoms with Crippen LogP contribution in [0.15, 0.2) is 65.8 Å². The van der Waals surface area contributed by atoms with Crippen LogP contribution >= 0.6 is 11.6 Å². The standard InChI is InChI=1S/C35H34ClFN6O5/c1-34(33(39)45)18-48-30-24(34)15-25(43-29(30)22-9-12-40-32(47-3)27(22)36)23(19-7-5-4-6-8-19)17-41-31(44)20-13-21(16-42-35(37)10-11-35)28(38)26(14-20)46-2/h4-9,12-16,23H,10-11,17-18,38H2,1-3H3,(H2,39,45)(H,41,44)/b42-16+/t23-,34-/m0/s1. The largest absolute Gasteiger partial charge is 0.495 e. The Balaban J connectivity index is 1.42. The van der Waals surface area contributed by atoms with Crippen LogP contribution in [0.5, 0.6) is 17.4 Å². The summed E-state index contributed by atoms with van der Waals surface area (Å²) in [6.07, 6.45) is 3.55. The van der Waals surface area contributed by atoms with Crippen LogP contribution in [0.3, 0.4) is 0 Å². The highest BCUT2D eigenvalue weighted by Gasteiger charge is 2.45. The lowest BCUT2D eigenvalue weighted by Crippen LogP contribution is -2.40. The summed E-state index contributed by atoms with van der Waals surface area (Å²) < 4.78 is 31.1. The molecule has 4 aromatic rings. The van der Waals surface area contributed by atoms with Crippen molar-refractivity contribution in [2.24, 2.45) is 10.7 Å². The van der Waals surface area contributed by atoms with E-state index >= 15 is 0 Å². The first-order valence-electron chi connectivity index (χ1n) is 15.2. The van der Waals surface area contributed by atoms with E-state index in [4.69, 9.17) is 42.3 Å². The molecular weight excluding hydrogens is 639 g/mol. The summed E-state index contributed by atoms with van der Waals surface area (Å²) in [5, 5.41) is 3.22. The van der Waals surface area contributed by atoms with Gasteiger partial charge in [-0.3, -0.25) is 14.6 Å². The first kappa shape index (κ1) is 32.7. The number of halogens is 2. The van der Waals surface area contributed by atoms with Crippen molar-refractivity contribution in [2.45, 2.75) is 36.9 Å². The first-order chi connectivity index (χ1) is 23.0. The number of rotatable bonds is 11. The molecule has 2 aromatic heterocycles. The number of aromatic nitrogens is 2. The lowest BCUT2D eigenvalue weighted by Gasteiger charge is -2.23. The molecule has 0 bridgehead atoms. The molecule has 2 aliphatic rings. The number of carbonyl (C=O) groups excluding carboxylic acids is 2. The van der Waals surface area contributed by atoms with Crippen LogP contribution < -0.4 is 31.0 Å². The third kappa shape index (κ3) is 6.11. The highest BCUT2D eigenvalue weighted by molar-refractivity contribution is 6.34. The van der Waals surface area contributed by atoms with Gasteiger partial charge in [-0.05, 0) is 36.8 Å². The van der Waals surface area contributed by atoms with Crippen molar-refractivity contribution in [1.29, 1.82) is 0 Å². The Morgan fingerprint density at radius 1 is 1.17 bits per heavy atom. The van der Waals surface area contributed by atoms with Crippen molar-refractivity contribution >= 4 is 35.3 Å². The maximum absolute atomic E-state index is 14.3. The summed E-state index contributed by atoms with van der Waals surface area (Å²) in [6, 6.07) is 16.0. The van der Waals surface area contributed by atoms with Crippen LogP contribution in [0, 0.1) is 0 Å². The predicted octanol–water partition coefficient (Wildman–Crippen LogP) is 4.97. The van der Waals surface area contributed by atoms with Gasteiger partial charge < -0.3 is 31.0 Å². The average Bonchev–Trinajstić information content (AvgIpc) is 3.73. The van der Waals surface area contributed by atoms with E-state index in [9.17, 15) is 14.0 Å². The Morgan fingerprint density at radius 2 is 1.92 bits per heavy atom. The second-order valence-corrected chi connectivity index (χ2v) is 12.3. The molecule has 3 heterocycles. The lowest BCUT2D eigenvalue weighted by molar-refractivity contribution is -0.123. The van der Waals surface area contributed by atoms with E-state index in [0.29, 0.717) is 46.7 Å². The fraction of sp³-hybridized carbons (Fsp3) is 0.286. The molecule has 2 amide bonds. The number of methoxy groups -OCH3 is 2. The van der Waals surface area contributed by atoms with E-state index in [2.05, 4.69) is 15.3 Å². The molecule has 6 rings (SSSR count). The number of fused-ring (bicyclic) bond motifs is 1. The number of aliphatic imine (C=N–C) groups is 1. The van der Waals surface area contributed by atoms with Crippen LogP contribution in [-0.4, -0.2) is 61.2 Å². The summed E-state index contributed by atoms with van der Waals surface area (Å²) in [7, 11) is 2.89. The number of amides is 2. The molecule has 1 aliphatic carbocycles. The van der Waals surface area contributed by atoms with Gasteiger partial charge in [0.2, 0.25) is 11.8 Å². The van der Waals surface area contributed by atoms with Crippen LogP contribution in [0.4, 0.5) is 10.1 Å². The summed E-state index contributed by atoms with van der Waals surface area (Å²) in [4.78, 5) is 39.7. The predicted molar refractivity (Wildman–Crippen MR) is 180 cm³/mol. The molecule has 0 spiro atoms. The van der Waals surface area contributed by atoms with E-state index in [-0.39, 0.29) is 41.1 Å². The molecule has 13 heteroatoms. The molecular formula is C35H34ClFN6O5. The third-order valence-corrected chi connectivity index (χ3v) is 9.09. The number of benzene rings is 2. The molecule has 0 unspecified atom stereocenters. The van der Waals surface area contributed by atoms with E-state index < -0.39 is 28.9 Å². The molecule has 1 saturated carbocycles. The molecule has 1 aliphatic heterocycles. The summed E-state index contributed by atoms with van der Waals surface area (Å²) >= 11 is 6.72. The van der Waals surface area contributed by atoms with Gasteiger partial charge >= 0.3 is 0 Å². The van der Waals surface area contributed by atoms with Gasteiger partial charge in [-0.15, -0.1) is 0 Å². The molecule has 2 aromatic carbocycles. The lowest BCUT2D eigenvalue weighted by atomic mass is 9.82. The van der Waals surface area contributed by atoms with E-state index in [0.717, 1.165) is 5.56 Å². The number of carbonyl (C=O) groups is 2. The quantitative estimate of drug-likeness (QED) is 0.114. The van der Waals surface area contributed by atoms with Gasteiger partial charge in [0.15, 0.2) is 5.79 Å². The second kappa shape index (κ2) is 12.8. The minimum atomic E-state index is -1.59. The number of nitrogens with two attached hydrogens (primary N) is 2. The van der Waals surface area contributed by atoms with Crippen molar-refractivity contribution in [1.82, 2.24) is 15.3 Å². The Morgan fingerprint density at radius 3 is 2.58 bits per heavy atom. The molecule has 0 saturated heterocycles.